The molecule has 0 radical (unpaired) electrons. The zero-order valence-corrected chi connectivity index (χ0v) is 18.5. The van der Waals surface area contributed by atoms with Crippen molar-refractivity contribution in [2.24, 2.45) is 0 Å². The number of fused-ring (bicyclic) bond motifs is 2. The van der Waals surface area contributed by atoms with Crippen molar-refractivity contribution >= 4 is 11.8 Å². The first kappa shape index (κ1) is 23.2. The summed E-state index contributed by atoms with van der Waals surface area (Å²) in [5.74, 6) is -2.47. The molecule has 0 spiro atoms. The molecular weight excluding hydrogens is 392 g/mol. The van der Waals surface area contributed by atoms with Crippen LogP contribution in [0.3, 0.4) is 0 Å². The fraction of sp³-hybridized carbons (Fsp3) is 0.462. The highest BCUT2D eigenvalue weighted by atomic mass is 17.1. The molecule has 0 bridgehead atoms. The molecule has 31 heavy (non-hydrogen) atoms. The highest BCUT2D eigenvalue weighted by Gasteiger charge is 2.49. The molecule has 1 unspecified atom stereocenters. The van der Waals surface area contributed by atoms with Gasteiger partial charge in [-0.1, -0.05) is 88.8 Å². The Hall–Kier alpha value is -2.50. The number of carbonyl (C=O) groups is 2. The van der Waals surface area contributed by atoms with Crippen LogP contribution in [0.5, 0.6) is 0 Å². The molecule has 5 heteroatoms. The molecule has 0 aromatic heterocycles. The van der Waals surface area contributed by atoms with E-state index in [4.69, 9.17) is 9.62 Å². The van der Waals surface area contributed by atoms with Gasteiger partial charge in [-0.2, -0.15) is 4.89 Å². The van der Waals surface area contributed by atoms with Gasteiger partial charge in [0, 0.05) is 28.7 Å². The first-order valence-electron chi connectivity index (χ1n) is 11.4. The molecule has 0 heterocycles. The van der Waals surface area contributed by atoms with Crippen LogP contribution in [0.2, 0.25) is 0 Å². The van der Waals surface area contributed by atoms with Crippen molar-refractivity contribution in [3.05, 3.63) is 70.3 Å². The zero-order valence-electron chi connectivity index (χ0n) is 18.5. The Morgan fingerprint density at radius 1 is 0.903 bits per heavy atom. The van der Waals surface area contributed by atoms with E-state index in [1.54, 1.807) is 36.4 Å². The number of carbonyl (C=O) groups excluding carboxylic acids is 2. The maximum absolute atomic E-state index is 13.1. The summed E-state index contributed by atoms with van der Waals surface area (Å²) < 4.78 is 5.78. The van der Waals surface area contributed by atoms with E-state index in [0.717, 1.165) is 24.8 Å². The van der Waals surface area contributed by atoms with E-state index in [1.807, 2.05) is 13.0 Å². The summed E-state index contributed by atoms with van der Waals surface area (Å²) in [6.45, 7) is 4.19. The summed E-state index contributed by atoms with van der Waals surface area (Å²) in [5.41, 5.74) is 2.42. The highest BCUT2D eigenvalue weighted by Crippen LogP contribution is 2.43. The maximum Gasteiger partial charge on any atom is 0.308 e. The van der Waals surface area contributed by atoms with E-state index in [-0.39, 0.29) is 12.2 Å². The monoisotopic (exact) mass is 424 g/mol. The van der Waals surface area contributed by atoms with Crippen LogP contribution in [0, 0.1) is 0 Å². The third-order valence-electron chi connectivity index (χ3n) is 5.99. The Morgan fingerprint density at radius 3 is 2.29 bits per heavy atom. The number of aryl methyl sites for hydroxylation is 1. The molecule has 1 aliphatic rings. The van der Waals surface area contributed by atoms with Gasteiger partial charge in [0.1, 0.15) is 0 Å². The number of ketones is 1. The number of unbranched alkanes of at least 4 members (excludes halogenated alkanes) is 6. The van der Waals surface area contributed by atoms with Crippen LogP contribution in [0.25, 0.3) is 0 Å². The van der Waals surface area contributed by atoms with Gasteiger partial charge in [-0.15, -0.1) is 0 Å². The summed E-state index contributed by atoms with van der Waals surface area (Å²) >= 11 is 0. The van der Waals surface area contributed by atoms with Crippen LogP contribution < -0.4 is 0 Å². The van der Waals surface area contributed by atoms with Crippen LogP contribution >= 0.6 is 0 Å². The standard InChI is InChI=1S/C26H32O5/c1-3-5-6-7-8-9-10-15-24(27)30-26(31-29)22-14-12-11-13-20(22)25(28)21-18-19(4-2)16-17-23(21)26/h11-14,16-18,29H,3-10,15H2,1-2H3. The lowest BCUT2D eigenvalue weighted by atomic mass is 9.79. The third-order valence-corrected chi connectivity index (χ3v) is 5.99. The number of esters is 1. The van der Waals surface area contributed by atoms with Crippen molar-refractivity contribution in [3.63, 3.8) is 0 Å². The van der Waals surface area contributed by atoms with Gasteiger partial charge in [0.15, 0.2) is 5.78 Å². The van der Waals surface area contributed by atoms with Gasteiger partial charge in [0.05, 0.1) is 0 Å². The zero-order chi connectivity index (χ0) is 22.3. The summed E-state index contributed by atoms with van der Waals surface area (Å²) in [4.78, 5) is 30.7. The molecule has 0 fully saturated rings. The molecule has 166 valence electrons. The minimum absolute atomic E-state index is 0.170. The van der Waals surface area contributed by atoms with Gasteiger partial charge in [0.2, 0.25) is 0 Å². The molecule has 2 aromatic carbocycles. The minimum atomic E-state index is -1.84. The van der Waals surface area contributed by atoms with Gasteiger partial charge in [-0.05, 0) is 24.5 Å². The molecule has 0 saturated heterocycles. The van der Waals surface area contributed by atoms with Crippen LogP contribution in [0.1, 0.15) is 97.8 Å². The number of benzene rings is 2. The molecule has 2 aromatic rings. The Bertz CT molecular complexity index is 920. The van der Waals surface area contributed by atoms with Crippen molar-refractivity contribution in [1.29, 1.82) is 0 Å². The van der Waals surface area contributed by atoms with Gasteiger partial charge in [0.25, 0.3) is 5.79 Å². The second-order valence-electron chi connectivity index (χ2n) is 8.16. The van der Waals surface area contributed by atoms with Gasteiger partial charge in [-0.25, -0.2) is 5.26 Å². The Morgan fingerprint density at radius 2 is 1.58 bits per heavy atom. The maximum atomic E-state index is 13.1. The fourth-order valence-corrected chi connectivity index (χ4v) is 4.21. The smallest absolute Gasteiger partial charge is 0.308 e. The van der Waals surface area contributed by atoms with Crippen molar-refractivity contribution in [2.45, 2.75) is 77.4 Å². The van der Waals surface area contributed by atoms with Crippen molar-refractivity contribution in [1.82, 2.24) is 0 Å². The second kappa shape index (κ2) is 10.7. The minimum Gasteiger partial charge on any atom is -0.421 e. The number of hydrogen-bond donors (Lipinski definition) is 1. The highest BCUT2D eigenvalue weighted by molar-refractivity contribution is 6.13. The summed E-state index contributed by atoms with van der Waals surface area (Å²) in [6.07, 6.45) is 8.61. The molecule has 5 nitrogen and oxygen atoms in total. The average Bonchev–Trinajstić information content (AvgIpc) is 2.81. The normalized spacial score (nSPS) is 17.2. The molecule has 1 atom stereocenters. The SMILES string of the molecule is CCCCCCCCCC(=O)OC1(OO)c2ccccc2C(=O)c2cc(CC)ccc21. The molecule has 0 saturated carbocycles. The van der Waals surface area contributed by atoms with Crippen molar-refractivity contribution < 1.29 is 24.5 Å². The second-order valence-corrected chi connectivity index (χ2v) is 8.16. The summed E-state index contributed by atoms with van der Waals surface area (Å²) in [5, 5.41) is 10.0. The topological polar surface area (TPSA) is 72.8 Å². The largest absolute Gasteiger partial charge is 0.421 e. The number of ether oxygens (including phenoxy) is 1. The number of rotatable bonds is 11. The summed E-state index contributed by atoms with van der Waals surface area (Å²) in [6, 6.07) is 12.1. The van der Waals surface area contributed by atoms with Crippen LogP contribution in [-0.4, -0.2) is 17.0 Å². The molecule has 1 N–H and O–H groups in total. The first-order chi connectivity index (χ1) is 15.1. The van der Waals surface area contributed by atoms with E-state index >= 15 is 0 Å². The molecular formula is C26H32O5. The molecule has 0 amide bonds. The van der Waals surface area contributed by atoms with E-state index in [0.29, 0.717) is 28.7 Å². The quantitative estimate of drug-likeness (QED) is 0.154. The van der Waals surface area contributed by atoms with Gasteiger partial charge in [-0.3, -0.25) is 9.59 Å². The van der Waals surface area contributed by atoms with E-state index in [1.165, 1.54) is 25.7 Å². The average molecular weight is 425 g/mol. The predicted octanol–water partition coefficient (Wildman–Crippen LogP) is 6.17. The summed E-state index contributed by atoms with van der Waals surface area (Å²) in [7, 11) is 0. The lowest BCUT2D eigenvalue weighted by molar-refractivity contribution is -0.384. The molecule has 3 rings (SSSR count). The third kappa shape index (κ3) is 4.89. The fourth-order valence-electron chi connectivity index (χ4n) is 4.21. The Kier molecular flexibility index (Phi) is 7.99. The lowest BCUT2D eigenvalue weighted by Crippen LogP contribution is -2.41. The van der Waals surface area contributed by atoms with Crippen LogP contribution in [0.15, 0.2) is 42.5 Å². The Labute approximate surface area is 184 Å². The van der Waals surface area contributed by atoms with Crippen LogP contribution in [0.4, 0.5) is 0 Å². The molecule has 1 aliphatic carbocycles. The lowest BCUT2D eigenvalue weighted by Gasteiger charge is -2.36. The van der Waals surface area contributed by atoms with Crippen molar-refractivity contribution in [2.75, 3.05) is 0 Å². The molecule has 0 aliphatic heterocycles. The van der Waals surface area contributed by atoms with Crippen LogP contribution in [-0.2, 0) is 26.6 Å². The Balaban J connectivity index is 1.82. The predicted molar refractivity (Wildman–Crippen MR) is 119 cm³/mol. The van der Waals surface area contributed by atoms with E-state index in [2.05, 4.69) is 6.92 Å². The van der Waals surface area contributed by atoms with Gasteiger partial charge >= 0.3 is 5.97 Å². The number of hydrogen-bond acceptors (Lipinski definition) is 5. The van der Waals surface area contributed by atoms with Crippen molar-refractivity contribution in [3.8, 4) is 0 Å². The van der Waals surface area contributed by atoms with Gasteiger partial charge < -0.3 is 4.74 Å². The van der Waals surface area contributed by atoms with E-state index in [9.17, 15) is 14.8 Å². The first-order valence-corrected chi connectivity index (χ1v) is 11.4. The van der Waals surface area contributed by atoms with E-state index < -0.39 is 11.8 Å².